The van der Waals surface area contributed by atoms with E-state index in [0.29, 0.717) is 29.1 Å². The lowest BCUT2D eigenvalue weighted by Gasteiger charge is -2.09. The molecule has 6 heteroatoms. The normalized spacial score (nSPS) is 11.0. The molecular weight excluding hydrogens is 269 g/mol. The second-order valence-corrected chi connectivity index (χ2v) is 5.11. The lowest BCUT2D eigenvalue weighted by Crippen LogP contribution is -2.05. The quantitative estimate of drug-likeness (QED) is 0.804. The van der Waals surface area contributed by atoms with Gasteiger partial charge < -0.3 is 5.32 Å². The number of halogens is 1. The fourth-order valence-electron chi connectivity index (χ4n) is 2.39. The molecule has 0 aliphatic heterocycles. The maximum atomic E-state index is 13.6. The molecule has 3 rings (SSSR count). The zero-order valence-electron chi connectivity index (χ0n) is 12.2. The van der Waals surface area contributed by atoms with E-state index in [0.717, 1.165) is 11.4 Å². The lowest BCUT2D eigenvalue weighted by molar-refractivity contribution is 0.608. The van der Waals surface area contributed by atoms with Gasteiger partial charge in [0.2, 0.25) is 5.65 Å². The van der Waals surface area contributed by atoms with Crippen LogP contribution < -0.4 is 5.32 Å². The molecule has 108 valence electrons. The summed E-state index contributed by atoms with van der Waals surface area (Å²) >= 11 is 0. The second kappa shape index (κ2) is 5.12. The third kappa shape index (κ3) is 2.44. The van der Waals surface area contributed by atoms with Crippen molar-refractivity contribution in [3.8, 4) is 0 Å². The number of aromatic nitrogens is 4. The Labute approximate surface area is 121 Å². The van der Waals surface area contributed by atoms with Crippen LogP contribution in [0.3, 0.4) is 0 Å². The van der Waals surface area contributed by atoms with Crippen molar-refractivity contribution in [2.75, 3.05) is 5.32 Å². The molecular formula is C15H16FN5. The fourth-order valence-corrected chi connectivity index (χ4v) is 2.39. The minimum atomic E-state index is -0.146. The molecule has 0 bridgehead atoms. The van der Waals surface area contributed by atoms with Gasteiger partial charge >= 0.3 is 0 Å². The number of hydrogen-bond acceptors (Lipinski definition) is 4. The minimum absolute atomic E-state index is 0.146. The first-order chi connectivity index (χ1) is 10.1. The van der Waals surface area contributed by atoms with Crippen LogP contribution in [0.25, 0.3) is 5.65 Å². The number of nitrogens with one attached hydrogen (secondary N) is 1. The smallest absolute Gasteiger partial charge is 0.203 e. The summed E-state index contributed by atoms with van der Waals surface area (Å²) in [7, 11) is 0. The third-order valence-corrected chi connectivity index (χ3v) is 3.45. The van der Waals surface area contributed by atoms with Crippen LogP contribution in [0.2, 0.25) is 0 Å². The van der Waals surface area contributed by atoms with Gasteiger partial charge in [0.1, 0.15) is 11.6 Å². The summed E-state index contributed by atoms with van der Waals surface area (Å²) in [4.78, 5) is 4.29. The van der Waals surface area contributed by atoms with Gasteiger partial charge in [-0.05, 0) is 37.5 Å². The molecule has 3 aromatic rings. The molecule has 5 nitrogen and oxygen atoms in total. The summed E-state index contributed by atoms with van der Waals surface area (Å²) in [5, 5.41) is 11.4. The summed E-state index contributed by atoms with van der Waals surface area (Å²) in [6.45, 7) is 5.98. The maximum Gasteiger partial charge on any atom is 0.203 e. The Balaban J connectivity index is 1.87. The van der Waals surface area contributed by atoms with Crippen molar-refractivity contribution < 1.29 is 4.39 Å². The van der Waals surface area contributed by atoms with E-state index in [4.69, 9.17) is 0 Å². The van der Waals surface area contributed by atoms with Crippen molar-refractivity contribution >= 4 is 11.5 Å². The van der Waals surface area contributed by atoms with E-state index in [1.54, 1.807) is 20.0 Å². The highest BCUT2D eigenvalue weighted by molar-refractivity contribution is 5.62. The highest BCUT2D eigenvalue weighted by Crippen LogP contribution is 2.17. The van der Waals surface area contributed by atoms with Gasteiger partial charge in [-0.25, -0.2) is 9.37 Å². The molecule has 0 saturated carbocycles. The predicted molar refractivity (Wildman–Crippen MR) is 78.7 cm³/mol. The zero-order valence-corrected chi connectivity index (χ0v) is 12.2. The lowest BCUT2D eigenvalue weighted by atomic mass is 10.1. The van der Waals surface area contributed by atoms with Crippen molar-refractivity contribution in [3.63, 3.8) is 0 Å². The number of rotatable bonds is 3. The van der Waals surface area contributed by atoms with Crippen LogP contribution in [0.1, 0.15) is 22.5 Å². The van der Waals surface area contributed by atoms with Gasteiger partial charge in [0.25, 0.3) is 0 Å². The van der Waals surface area contributed by atoms with Gasteiger partial charge in [0.15, 0.2) is 5.82 Å². The standard InChI is InChI=1S/C15H16FN5/c1-9-6-12(7-10(2)13(9)16)8-18-14-15-20-19-11(3)21(15)5-4-17-14/h4-7H,8H2,1-3H3,(H,17,18). The summed E-state index contributed by atoms with van der Waals surface area (Å²) in [5.74, 6) is 1.33. The van der Waals surface area contributed by atoms with E-state index in [9.17, 15) is 4.39 Å². The minimum Gasteiger partial charge on any atom is -0.363 e. The van der Waals surface area contributed by atoms with Gasteiger partial charge in [0, 0.05) is 18.9 Å². The maximum absolute atomic E-state index is 13.6. The Kier molecular flexibility index (Phi) is 3.29. The second-order valence-electron chi connectivity index (χ2n) is 5.11. The van der Waals surface area contributed by atoms with Gasteiger partial charge in [-0.3, -0.25) is 4.40 Å². The molecule has 0 amide bonds. The Hall–Kier alpha value is -2.50. The van der Waals surface area contributed by atoms with E-state index >= 15 is 0 Å². The van der Waals surface area contributed by atoms with Crippen LogP contribution in [0.15, 0.2) is 24.5 Å². The van der Waals surface area contributed by atoms with Crippen LogP contribution in [0.5, 0.6) is 0 Å². The first-order valence-corrected chi connectivity index (χ1v) is 6.72. The van der Waals surface area contributed by atoms with Crippen LogP contribution in [-0.2, 0) is 6.54 Å². The van der Waals surface area contributed by atoms with E-state index in [1.165, 1.54) is 0 Å². The zero-order chi connectivity index (χ0) is 15.0. The molecule has 0 aliphatic rings. The van der Waals surface area contributed by atoms with Gasteiger partial charge in [-0.1, -0.05) is 12.1 Å². The topological polar surface area (TPSA) is 55.1 Å². The Morgan fingerprint density at radius 1 is 1.14 bits per heavy atom. The van der Waals surface area contributed by atoms with Crippen molar-refractivity contribution in [2.45, 2.75) is 27.3 Å². The number of benzene rings is 1. The average molecular weight is 285 g/mol. The SMILES string of the molecule is Cc1cc(CNc2nccn3c(C)nnc23)cc(C)c1F. The monoisotopic (exact) mass is 285 g/mol. The molecule has 2 heterocycles. The highest BCUT2D eigenvalue weighted by Gasteiger charge is 2.08. The van der Waals surface area contributed by atoms with Crippen molar-refractivity contribution in [1.29, 1.82) is 0 Å². The predicted octanol–water partition coefficient (Wildman–Crippen LogP) is 2.80. The first kappa shape index (κ1) is 13.5. The Morgan fingerprint density at radius 3 is 2.57 bits per heavy atom. The van der Waals surface area contributed by atoms with E-state index in [1.807, 2.05) is 29.7 Å². The average Bonchev–Trinajstić information content (AvgIpc) is 2.85. The van der Waals surface area contributed by atoms with Gasteiger partial charge in [0.05, 0.1) is 0 Å². The van der Waals surface area contributed by atoms with Crippen molar-refractivity contribution in [2.24, 2.45) is 0 Å². The molecule has 1 aromatic carbocycles. The molecule has 0 unspecified atom stereocenters. The molecule has 0 saturated heterocycles. The van der Waals surface area contributed by atoms with Crippen LogP contribution in [0, 0.1) is 26.6 Å². The number of nitrogens with zero attached hydrogens (tertiary/aromatic N) is 4. The van der Waals surface area contributed by atoms with E-state index < -0.39 is 0 Å². The molecule has 0 aliphatic carbocycles. The highest BCUT2D eigenvalue weighted by atomic mass is 19.1. The summed E-state index contributed by atoms with van der Waals surface area (Å²) in [5.41, 5.74) is 2.99. The Bertz CT molecular complexity index is 786. The number of hydrogen-bond donors (Lipinski definition) is 1. The molecule has 0 fully saturated rings. The fraction of sp³-hybridized carbons (Fsp3) is 0.267. The van der Waals surface area contributed by atoms with Crippen LogP contribution >= 0.6 is 0 Å². The first-order valence-electron chi connectivity index (χ1n) is 6.72. The largest absolute Gasteiger partial charge is 0.363 e. The van der Waals surface area contributed by atoms with Crippen LogP contribution in [0.4, 0.5) is 10.2 Å². The number of aryl methyl sites for hydroxylation is 3. The van der Waals surface area contributed by atoms with E-state index in [2.05, 4.69) is 20.5 Å². The van der Waals surface area contributed by atoms with Gasteiger partial charge in [-0.2, -0.15) is 0 Å². The summed E-state index contributed by atoms with van der Waals surface area (Å²) < 4.78 is 15.5. The Morgan fingerprint density at radius 2 is 1.86 bits per heavy atom. The molecule has 1 N–H and O–H groups in total. The van der Waals surface area contributed by atoms with Crippen molar-refractivity contribution in [3.05, 3.63) is 52.9 Å². The summed E-state index contributed by atoms with van der Waals surface area (Å²) in [6.07, 6.45) is 3.52. The number of fused-ring (bicyclic) bond motifs is 1. The number of anilines is 1. The molecule has 0 spiro atoms. The van der Waals surface area contributed by atoms with E-state index in [-0.39, 0.29) is 5.82 Å². The molecule has 2 aromatic heterocycles. The van der Waals surface area contributed by atoms with Crippen molar-refractivity contribution in [1.82, 2.24) is 19.6 Å². The van der Waals surface area contributed by atoms with Crippen LogP contribution in [-0.4, -0.2) is 19.6 Å². The van der Waals surface area contributed by atoms with Gasteiger partial charge in [-0.15, -0.1) is 10.2 Å². The summed E-state index contributed by atoms with van der Waals surface area (Å²) in [6, 6.07) is 3.68. The molecule has 21 heavy (non-hydrogen) atoms. The third-order valence-electron chi connectivity index (χ3n) is 3.45. The molecule has 0 radical (unpaired) electrons. The molecule has 0 atom stereocenters.